The van der Waals surface area contributed by atoms with Gasteiger partial charge in [0.05, 0.1) is 11.4 Å². The van der Waals surface area contributed by atoms with E-state index in [0.717, 1.165) is 18.5 Å². The van der Waals surface area contributed by atoms with Crippen molar-refractivity contribution >= 4 is 17.7 Å². The fraction of sp³-hybridized carbons (Fsp3) is 0.222. The molecule has 2 aromatic carbocycles. The number of rotatable bonds is 8. The molecule has 0 radical (unpaired) electrons. The molecule has 7 heteroatoms. The van der Waals surface area contributed by atoms with Gasteiger partial charge in [0.15, 0.2) is 0 Å². The summed E-state index contributed by atoms with van der Waals surface area (Å²) < 4.78 is 1.63. The summed E-state index contributed by atoms with van der Waals surface area (Å²) in [5.74, 6) is 0.277. The van der Waals surface area contributed by atoms with Crippen LogP contribution < -0.4 is 5.32 Å². The molecule has 0 saturated heterocycles. The van der Waals surface area contributed by atoms with Crippen molar-refractivity contribution in [2.24, 2.45) is 0 Å². The lowest BCUT2D eigenvalue weighted by Gasteiger charge is -2.06. The summed E-state index contributed by atoms with van der Waals surface area (Å²) in [7, 11) is 0. The van der Waals surface area contributed by atoms with Gasteiger partial charge in [-0.25, -0.2) is 0 Å². The van der Waals surface area contributed by atoms with E-state index in [-0.39, 0.29) is 5.91 Å². The van der Waals surface area contributed by atoms with E-state index in [9.17, 15) is 4.79 Å². The fourth-order valence-corrected chi connectivity index (χ4v) is 3.07. The van der Waals surface area contributed by atoms with Crippen molar-refractivity contribution in [3.63, 3.8) is 0 Å². The molecule has 0 aliphatic carbocycles. The van der Waals surface area contributed by atoms with E-state index in [1.54, 1.807) is 4.68 Å². The van der Waals surface area contributed by atoms with E-state index in [1.807, 2.05) is 48.5 Å². The van der Waals surface area contributed by atoms with Crippen LogP contribution in [0.5, 0.6) is 0 Å². The van der Waals surface area contributed by atoms with Crippen LogP contribution >= 0.6 is 11.8 Å². The molecule has 6 nitrogen and oxygen atoms in total. The average molecular weight is 353 g/mol. The molecule has 3 aromatic rings. The molecule has 0 spiro atoms. The number of carbonyl (C=O) groups is 1. The van der Waals surface area contributed by atoms with Gasteiger partial charge in [0.2, 0.25) is 11.1 Å². The Balaban J connectivity index is 1.42. The van der Waals surface area contributed by atoms with Gasteiger partial charge in [0.1, 0.15) is 0 Å². The quantitative estimate of drug-likeness (QED) is 0.498. The first-order valence-electron chi connectivity index (χ1n) is 8.10. The molecule has 1 heterocycles. The van der Waals surface area contributed by atoms with Crippen LogP contribution in [-0.2, 0) is 11.2 Å². The molecule has 0 aliphatic heterocycles. The summed E-state index contributed by atoms with van der Waals surface area (Å²) in [6.45, 7) is 0.665. The summed E-state index contributed by atoms with van der Waals surface area (Å²) >= 11 is 1.33. The van der Waals surface area contributed by atoms with Crippen LogP contribution in [-0.4, -0.2) is 38.4 Å². The average Bonchev–Trinajstić information content (AvgIpc) is 3.14. The molecule has 0 saturated carbocycles. The molecule has 0 fully saturated rings. The third-order valence-electron chi connectivity index (χ3n) is 3.58. The number of carbonyl (C=O) groups excluding carboxylic acids is 1. The monoisotopic (exact) mass is 353 g/mol. The number of amides is 1. The molecule has 1 aromatic heterocycles. The minimum Gasteiger partial charge on any atom is -0.355 e. The zero-order valence-corrected chi connectivity index (χ0v) is 14.5. The maximum Gasteiger partial charge on any atom is 0.230 e. The number of thioether (sulfide) groups is 1. The lowest BCUT2D eigenvalue weighted by molar-refractivity contribution is -0.118. The Morgan fingerprint density at radius 1 is 1.04 bits per heavy atom. The first-order chi connectivity index (χ1) is 12.3. The predicted octanol–water partition coefficient (Wildman–Crippen LogP) is 2.50. The third-order valence-corrected chi connectivity index (χ3v) is 4.50. The highest BCUT2D eigenvalue weighted by Gasteiger charge is 2.11. The molecule has 128 valence electrons. The van der Waals surface area contributed by atoms with Gasteiger partial charge in [-0.1, -0.05) is 60.3 Å². The van der Waals surface area contributed by atoms with Crippen LogP contribution in [0.4, 0.5) is 0 Å². The Kier molecular flexibility index (Phi) is 6.17. The van der Waals surface area contributed by atoms with Gasteiger partial charge in [-0.3, -0.25) is 4.79 Å². The maximum absolute atomic E-state index is 12.0. The number of hydrogen-bond acceptors (Lipinski definition) is 5. The fourth-order valence-electron chi connectivity index (χ4n) is 2.35. The molecule has 25 heavy (non-hydrogen) atoms. The third kappa shape index (κ3) is 5.15. The number of hydrogen-bond donors (Lipinski definition) is 1. The van der Waals surface area contributed by atoms with Gasteiger partial charge in [-0.05, 0) is 41.0 Å². The van der Waals surface area contributed by atoms with E-state index < -0.39 is 0 Å². The number of nitrogens with one attached hydrogen (secondary N) is 1. The van der Waals surface area contributed by atoms with Crippen LogP contribution in [0, 0.1) is 0 Å². The van der Waals surface area contributed by atoms with Crippen molar-refractivity contribution in [1.29, 1.82) is 0 Å². The SMILES string of the molecule is O=C(CSc1nnnn1-c1ccccc1)NCCCc1ccccc1. The summed E-state index contributed by atoms with van der Waals surface area (Å²) in [5, 5.41) is 15.2. The van der Waals surface area contributed by atoms with Gasteiger partial charge in [0.25, 0.3) is 0 Å². The van der Waals surface area contributed by atoms with Crippen LogP contribution in [0.2, 0.25) is 0 Å². The normalized spacial score (nSPS) is 10.6. The summed E-state index contributed by atoms with van der Waals surface area (Å²) in [4.78, 5) is 12.0. The van der Waals surface area contributed by atoms with E-state index in [1.165, 1.54) is 17.3 Å². The van der Waals surface area contributed by atoms with Crippen molar-refractivity contribution in [2.75, 3.05) is 12.3 Å². The second-order valence-corrected chi connectivity index (χ2v) is 6.38. The van der Waals surface area contributed by atoms with Crippen molar-refractivity contribution in [2.45, 2.75) is 18.0 Å². The minimum absolute atomic E-state index is 0.0133. The number of para-hydroxylation sites is 1. The van der Waals surface area contributed by atoms with Crippen molar-refractivity contribution < 1.29 is 4.79 Å². The highest BCUT2D eigenvalue weighted by molar-refractivity contribution is 7.99. The highest BCUT2D eigenvalue weighted by atomic mass is 32.2. The Hall–Kier alpha value is -2.67. The largest absolute Gasteiger partial charge is 0.355 e. The molecule has 0 aliphatic rings. The van der Waals surface area contributed by atoms with Gasteiger partial charge in [-0.2, -0.15) is 4.68 Å². The second kappa shape index (κ2) is 8.98. The standard InChI is InChI=1S/C18H19N5OS/c24-17(19-13-7-10-15-8-3-1-4-9-15)14-25-18-20-21-22-23(18)16-11-5-2-6-12-16/h1-6,8-9,11-12H,7,10,13-14H2,(H,19,24). The molecule has 0 atom stereocenters. The molecular formula is C18H19N5OS. The Morgan fingerprint density at radius 2 is 1.76 bits per heavy atom. The summed E-state index contributed by atoms with van der Waals surface area (Å²) in [6.07, 6.45) is 1.88. The number of aromatic nitrogens is 4. The molecule has 1 N–H and O–H groups in total. The van der Waals surface area contributed by atoms with Gasteiger partial charge in [0, 0.05) is 6.54 Å². The van der Waals surface area contributed by atoms with Crippen LogP contribution in [0.3, 0.4) is 0 Å². The van der Waals surface area contributed by atoms with Crippen LogP contribution in [0.25, 0.3) is 5.69 Å². The lowest BCUT2D eigenvalue weighted by atomic mass is 10.1. The Bertz CT molecular complexity index is 791. The van der Waals surface area contributed by atoms with E-state index in [4.69, 9.17) is 0 Å². The molecule has 0 bridgehead atoms. The number of aryl methyl sites for hydroxylation is 1. The first kappa shape index (κ1) is 17.2. The Labute approximate surface area is 150 Å². The summed E-state index contributed by atoms with van der Waals surface area (Å²) in [5.41, 5.74) is 2.16. The number of benzene rings is 2. The van der Waals surface area contributed by atoms with Gasteiger partial charge >= 0.3 is 0 Å². The van der Waals surface area contributed by atoms with E-state index >= 15 is 0 Å². The van der Waals surface area contributed by atoms with Crippen LogP contribution in [0.15, 0.2) is 65.8 Å². The molecule has 3 rings (SSSR count). The smallest absolute Gasteiger partial charge is 0.230 e. The topological polar surface area (TPSA) is 72.7 Å². The zero-order chi connectivity index (χ0) is 17.3. The second-order valence-electron chi connectivity index (χ2n) is 5.44. The van der Waals surface area contributed by atoms with Crippen molar-refractivity contribution in [3.05, 3.63) is 66.2 Å². The lowest BCUT2D eigenvalue weighted by Crippen LogP contribution is -2.26. The van der Waals surface area contributed by atoms with E-state index in [2.05, 4.69) is 33.0 Å². The number of nitrogens with zero attached hydrogens (tertiary/aromatic N) is 4. The zero-order valence-electron chi connectivity index (χ0n) is 13.7. The number of tetrazole rings is 1. The molecule has 1 amide bonds. The van der Waals surface area contributed by atoms with Gasteiger partial charge in [-0.15, -0.1) is 5.10 Å². The predicted molar refractivity (Wildman–Crippen MR) is 97.7 cm³/mol. The highest BCUT2D eigenvalue weighted by Crippen LogP contribution is 2.17. The molecular weight excluding hydrogens is 334 g/mol. The molecule has 0 unspecified atom stereocenters. The Morgan fingerprint density at radius 3 is 2.52 bits per heavy atom. The summed E-state index contributed by atoms with van der Waals surface area (Å²) in [6, 6.07) is 19.9. The van der Waals surface area contributed by atoms with Crippen molar-refractivity contribution in [3.8, 4) is 5.69 Å². The van der Waals surface area contributed by atoms with Gasteiger partial charge < -0.3 is 5.32 Å². The van der Waals surface area contributed by atoms with E-state index in [0.29, 0.717) is 17.5 Å². The van der Waals surface area contributed by atoms with Crippen LogP contribution in [0.1, 0.15) is 12.0 Å². The maximum atomic E-state index is 12.0. The first-order valence-corrected chi connectivity index (χ1v) is 9.09. The minimum atomic E-state index is -0.0133. The van der Waals surface area contributed by atoms with Crippen molar-refractivity contribution in [1.82, 2.24) is 25.5 Å².